The van der Waals surface area contributed by atoms with Gasteiger partial charge < -0.3 is 14.6 Å². The molecule has 7 heteroatoms. The summed E-state index contributed by atoms with van der Waals surface area (Å²) in [6.07, 6.45) is 0. The van der Waals surface area contributed by atoms with Crippen LogP contribution in [-0.4, -0.2) is 41.6 Å². The topological polar surface area (TPSA) is 71.3 Å². The van der Waals surface area contributed by atoms with Crippen LogP contribution < -0.4 is 5.32 Å². The van der Waals surface area contributed by atoms with E-state index in [1.807, 2.05) is 50.2 Å². The monoisotopic (exact) mass is 444 g/mol. The second-order valence-corrected chi connectivity index (χ2v) is 8.05. The van der Waals surface area contributed by atoms with Crippen molar-refractivity contribution in [3.8, 4) is 22.9 Å². The molecule has 1 amide bonds. The maximum atomic E-state index is 13.2. The molecule has 0 aliphatic carbocycles. The summed E-state index contributed by atoms with van der Waals surface area (Å²) in [5.74, 6) is 0.374. The highest BCUT2D eigenvalue weighted by Crippen LogP contribution is 2.26. The van der Waals surface area contributed by atoms with Crippen LogP contribution >= 0.6 is 0 Å². The van der Waals surface area contributed by atoms with Crippen LogP contribution in [0.2, 0.25) is 0 Å². The van der Waals surface area contributed by atoms with Gasteiger partial charge in [0.25, 0.3) is 5.91 Å². The molecule has 1 heterocycles. The molecular formula is C26H25FN4O2. The third kappa shape index (κ3) is 5.15. The number of aromatic nitrogens is 2. The van der Waals surface area contributed by atoms with Crippen molar-refractivity contribution >= 4 is 5.91 Å². The molecule has 0 radical (unpaired) electrons. The van der Waals surface area contributed by atoms with Gasteiger partial charge in [0.2, 0.25) is 11.8 Å². The first kappa shape index (κ1) is 22.4. The van der Waals surface area contributed by atoms with Gasteiger partial charge >= 0.3 is 0 Å². The fraction of sp³-hybridized carbons (Fsp3) is 0.192. The summed E-state index contributed by atoms with van der Waals surface area (Å²) in [6.45, 7) is 2.38. The first-order chi connectivity index (χ1) is 15.9. The van der Waals surface area contributed by atoms with E-state index < -0.39 is 0 Å². The lowest BCUT2D eigenvalue weighted by molar-refractivity contribution is 0.0942. The van der Waals surface area contributed by atoms with E-state index in [1.165, 1.54) is 12.1 Å². The summed E-state index contributed by atoms with van der Waals surface area (Å²) in [5.41, 5.74) is 4.13. The molecule has 1 N–H and O–H groups in total. The summed E-state index contributed by atoms with van der Waals surface area (Å²) in [7, 11) is 3.84. The van der Waals surface area contributed by atoms with Crippen LogP contribution in [0, 0.1) is 12.7 Å². The minimum atomic E-state index is -0.285. The second-order valence-electron chi connectivity index (χ2n) is 8.05. The Kier molecular flexibility index (Phi) is 6.60. The molecule has 168 valence electrons. The zero-order chi connectivity index (χ0) is 23.4. The molecule has 0 saturated carbocycles. The quantitative estimate of drug-likeness (QED) is 0.440. The van der Waals surface area contributed by atoms with Crippen molar-refractivity contribution in [2.45, 2.75) is 13.0 Å². The maximum absolute atomic E-state index is 13.2. The van der Waals surface area contributed by atoms with Gasteiger partial charge in [-0.2, -0.15) is 0 Å². The molecule has 1 aromatic heterocycles. The molecule has 1 atom stereocenters. The van der Waals surface area contributed by atoms with Crippen molar-refractivity contribution in [2.24, 2.45) is 0 Å². The highest BCUT2D eigenvalue weighted by atomic mass is 19.1. The van der Waals surface area contributed by atoms with Gasteiger partial charge in [0.15, 0.2) is 0 Å². The number of nitrogens with zero attached hydrogens (tertiary/aromatic N) is 3. The van der Waals surface area contributed by atoms with Gasteiger partial charge in [-0.1, -0.05) is 30.3 Å². The molecule has 0 saturated heterocycles. The number of carbonyl (C=O) groups is 1. The normalized spacial score (nSPS) is 12.0. The summed E-state index contributed by atoms with van der Waals surface area (Å²) in [6, 6.07) is 21.1. The van der Waals surface area contributed by atoms with Crippen molar-refractivity contribution in [2.75, 3.05) is 20.6 Å². The molecule has 0 aliphatic rings. The number of hydrogen-bond donors (Lipinski definition) is 1. The number of rotatable bonds is 7. The average molecular weight is 445 g/mol. The first-order valence-corrected chi connectivity index (χ1v) is 10.6. The average Bonchev–Trinajstić information content (AvgIpc) is 3.30. The summed E-state index contributed by atoms with van der Waals surface area (Å²) in [4.78, 5) is 14.7. The van der Waals surface area contributed by atoms with Crippen LogP contribution in [0.5, 0.6) is 0 Å². The Morgan fingerprint density at radius 1 is 0.970 bits per heavy atom. The highest BCUT2D eigenvalue weighted by molar-refractivity contribution is 5.94. The van der Waals surface area contributed by atoms with E-state index in [0.717, 1.165) is 22.3 Å². The minimum Gasteiger partial charge on any atom is -0.416 e. The van der Waals surface area contributed by atoms with E-state index in [9.17, 15) is 9.18 Å². The van der Waals surface area contributed by atoms with E-state index in [1.54, 1.807) is 36.4 Å². The molecule has 33 heavy (non-hydrogen) atoms. The van der Waals surface area contributed by atoms with Crippen LogP contribution in [0.4, 0.5) is 4.39 Å². The van der Waals surface area contributed by atoms with Crippen LogP contribution in [-0.2, 0) is 0 Å². The van der Waals surface area contributed by atoms with E-state index in [2.05, 4.69) is 15.5 Å². The minimum absolute atomic E-state index is 0.0768. The van der Waals surface area contributed by atoms with E-state index >= 15 is 0 Å². The number of benzene rings is 3. The van der Waals surface area contributed by atoms with Crippen molar-refractivity contribution in [1.29, 1.82) is 0 Å². The number of carbonyl (C=O) groups excluding carboxylic acids is 1. The van der Waals surface area contributed by atoms with Crippen LogP contribution in [0.25, 0.3) is 22.9 Å². The number of halogens is 1. The Labute approximate surface area is 192 Å². The number of aryl methyl sites for hydroxylation is 1. The van der Waals surface area contributed by atoms with Crippen molar-refractivity contribution in [3.05, 3.63) is 95.3 Å². The van der Waals surface area contributed by atoms with Crippen molar-refractivity contribution in [1.82, 2.24) is 20.4 Å². The number of hydrogen-bond acceptors (Lipinski definition) is 5. The predicted molar refractivity (Wildman–Crippen MR) is 125 cm³/mol. The third-order valence-electron chi connectivity index (χ3n) is 5.53. The van der Waals surface area contributed by atoms with E-state index in [0.29, 0.717) is 23.9 Å². The van der Waals surface area contributed by atoms with Gasteiger partial charge in [-0.15, -0.1) is 10.2 Å². The lowest BCUT2D eigenvalue weighted by Crippen LogP contribution is -2.34. The molecule has 4 rings (SSSR count). The highest BCUT2D eigenvalue weighted by Gasteiger charge is 2.17. The van der Waals surface area contributed by atoms with Crippen LogP contribution in [0.15, 0.2) is 77.2 Å². The fourth-order valence-electron chi connectivity index (χ4n) is 3.60. The molecule has 1 unspecified atom stereocenters. The maximum Gasteiger partial charge on any atom is 0.251 e. The molecular weight excluding hydrogens is 419 g/mol. The number of nitrogens with one attached hydrogen (secondary N) is 1. The van der Waals surface area contributed by atoms with Gasteiger partial charge in [0, 0.05) is 23.2 Å². The lowest BCUT2D eigenvalue weighted by atomic mass is 10.1. The zero-order valence-corrected chi connectivity index (χ0v) is 18.7. The van der Waals surface area contributed by atoms with Gasteiger partial charge in [0.1, 0.15) is 5.82 Å². The first-order valence-electron chi connectivity index (χ1n) is 10.6. The van der Waals surface area contributed by atoms with Crippen molar-refractivity contribution < 1.29 is 13.6 Å². The summed E-state index contributed by atoms with van der Waals surface area (Å²) < 4.78 is 19.1. The van der Waals surface area contributed by atoms with Gasteiger partial charge in [-0.05, 0) is 74.6 Å². The summed E-state index contributed by atoms with van der Waals surface area (Å²) in [5, 5.41) is 11.3. The Balaban J connectivity index is 1.43. The van der Waals surface area contributed by atoms with Crippen LogP contribution in [0.1, 0.15) is 27.5 Å². The largest absolute Gasteiger partial charge is 0.416 e. The molecule has 6 nitrogen and oxygen atoms in total. The molecule has 0 bridgehead atoms. The molecule has 4 aromatic rings. The second kappa shape index (κ2) is 9.75. The Hall–Kier alpha value is -3.84. The predicted octanol–water partition coefficient (Wildman–Crippen LogP) is 4.88. The van der Waals surface area contributed by atoms with E-state index in [-0.39, 0.29) is 17.8 Å². The number of amides is 1. The fourth-order valence-corrected chi connectivity index (χ4v) is 3.60. The standard InChI is InChI=1S/C26H25FN4O2/c1-17-6-4-5-7-22(17)26-30-29-25(33-26)20-10-8-19(9-11-20)24(32)28-16-23(31(2)3)18-12-14-21(27)15-13-18/h4-15,23H,16H2,1-3H3,(H,28,32). The van der Waals surface area contributed by atoms with Crippen molar-refractivity contribution in [3.63, 3.8) is 0 Å². The summed E-state index contributed by atoms with van der Waals surface area (Å²) >= 11 is 0. The van der Waals surface area contributed by atoms with E-state index in [4.69, 9.17) is 4.42 Å². The van der Waals surface area contributed by atoms with Gasteiger partial charge in [-0.25, -0.2) is 4.39 Å². The SMILES string of the molecule is Cc1ccccc1-c1nnc(-c2ccc(C(=O)NCC(c3ccc(F)cc3)N(C)C)cc2)o1. The molecule has 0 aliphatic heterocycles. The Morgan fingerprint density at radius 3 is 2.30 bits per heavy atom. The third-order valence-corrected chi connectivity index (χ3v) is 5.53. The van der Waals surface area contributed by atoms with Crippen LogP contribution in [0.3, 0.4) is 0 Å². The molecule has 0 spiro atoms. The molecule has 3 aromatic carbocycles. The Bertz CT molecular complexity index is 1230. The number of likely N-dealkylation sites (N-methyl/N-ethyl adjacent to an activating group) is 1. The lowest BCUT2D eigenvalue weighted by Gasteiger charge is -2.25. The zero-order valence-electron chi connectivity index (χ0n) is 18.7. The molecule has 0 fully saturated rings. The smallest absolute Gasteiger partial charge is 0.251 e. The Morgan fingerprint density at radius 2 is 1.64 bits per heavy atom. The van der Waals surface area contributed by atoms with Gasteiger partial charge in [-0.3, -0.25) is 4.79 Å². The van der Waals surface area contributed by atoms with Gasteiger partial charge in [0.05, 0.1) is 6.04 Å².